The van der Waals surface area contributed by atoms with Gasteiger partial charge in [-0.05, 0) is 105 Å². The lowest BCUT2D eigenvalue weighted by Crippen LogP contribution is -2.67. The molecule has 268 valence electrons. The number of likely N-dealkylation sites (tertiary alicyclic amines) is 1. The van der Waals surface area contributed by atoms with Gasteiger partial charge in [0, 0.05) is 52.0 Å². The number of carbonyl (C=O) groups excluding carboxylic acids is 1. The third kappa shape index (κ3) is 4.77. The van der Waals surface area contributed by atoms with Crippen LogP contribution in [0.5, 0.6) is 0 Å². The number of nitrogens with zero attached hydrogens (tertiary/aromatic N) is 1. The summed E-state index contributed by atoms with van der Waals surface area (Å²) in [7, 11) is 0. The van der Waals surface area contributed by atoms with Gasteiger partial charge in [-0.25, -0.2) is 0 Å². The molecule has 3 N–H and O–H groups in total. The quantitative estimate of drug-likeness (QED) is 0.216. The molecule has 9 rings (SSSR count). The maximum Gasteiger partial charge on any atom is 0.416 e. The van der Waals surface area contributed by atoms with E-state index in [2.05, 4.69) is 30.9 Å². The Bertz CT molecular complexity index is 1770. The molecule has 7 aliphatic rings. The molecule has 9 heteroatoms. The second-order valence-corrected chi connectivity index (χ2v) is 17.5. The van der Waals surface area contributed by atoms with Crippen molar-refractivity contribution in [2.24, 2.45) is 33.5 Å². The second kappa shape index (κ2) is 11.3. The van der Waals surface area contributed by atoms with Gasteiger partial charge in [0.05, 0.1) is 22.9 Å². The number of β-amino-alcohol motifs (C(OH)–C–C–N with tert-alkyl or cyclic N) is 1. The van der Waals surface area contributed by atoms with Gasteiger partial charge in [-0.1, -0.05) is 67.9 Å². The van der Waals surface area contributed by atoms with Crippen molar-refractivity contribution in [1.29, 1.82) is 0 Å². The fourth-order valence-corrected chi connectivity index (χ4v) is 12.2. The number of alkyl halides is 3. The Kier molecular flexibility index (Phi) is 7.79. The molecule has 1 unspecified atom stereocenters. The van der Waals surface area contributed by atoms with E-state index in [0.29, 0.717) is 68.8 Å². The molecule has 1 saturated heterocycles. The largest absolute Gasteiger partial charge is 0.416 e. The van der Waals surface area contributed by atoms with E-state index in [1.807, 2.05) is 18.2 Å². The molecule has 0 amide bonds. The lowest BCUT2D eigenvalue weighted by molar-refractivity contribution is -0.178. The number of allylic oxidation sites excluding steroid dienone is 4. The number of hydrogen-bond donors (Lipinski definition) is 3. The Balaban J connectivity index is 1.14. The standard InChI is InChI=1S/C41H47ClF3NO4/c1-35-13-10-30(47)23-37(35)16-17-40(31(24-37)34(48)26-4-3-5-28(22-26)41(43,44)45)32(35)11-14-36(2)33(40)12-15-39(36,50)25-46-20-18-38(49,19-21-46)27-6-8-29(42)9-7-27/h3-9,16-17,22,24,30,32-33,47,49-50H,10-15,18-21,23,25H2,1-2H3/t30?,32-,33-,35-,36+,37+,39-,40-/m1/s1. The summed E-state index contributed by atoms with van der Waals surface area (Å²) in [4.78, 5) is 17.0. The van der Waals surface area contributed by atoms with Crippen molar-refractivity contribution in [3.8, 4) is 0 Å². The molecule has 1 heterocycles. The van der Waals surface area contributed by atoms with Gasteiger partial charge in [-0.2, -0.15) is 13.2 Å². The molecular weight excluding hydrogens is 663 g/mol. The summed E-state index contributed by atoms with van der Waals surface area (Å²) in [6.45, 7) is 6.17. The van der Waals surface area contributed by atoms with E-state index in [1.54, 1.807) is 12.1 Å². The number of Topliss-reactive ketones (excluding diaryl/α,β-unsaturated/α-hetero) is 1. The van der Waals surface area contributed by atoms with Gasteiger partial charge in [0.15, 0.2) is 5.78 Å². The molecule has 2 aromatic rings. The third-order valence-corrected chi connectivity index (χ3v) is 15.2. The number of ketones is 1. The highest BCUT2D eigenvalue weighted by atomic mass is 35.5. The number of aliphatic hydroxyl groups excluding tert-OH is 1. The van der Waals surface area contributed by atoms with Gasteiger partial charge in [0.2, 0.25) is 0 Å². The Morgan fingerprint density at radius 1 is 0.900 bits per heavy atom. The summed E-state index contributed by atoms with van der Waals surface area (Å²) in [5.41, 5.74) is -3.57. The number of fused-ring (bicyclic) bond motifs is 1. The van der Waals surface area contributed by atoms with Crippen LogP contribution in [-0.2, 0) is 11.8 Å². The first-order valence-electron chi connectivity index (χ1n) is 18.3. The van der Waals surface area contributed by atoms with Crippen LogP contribution in [0.3, 0.4) is 0 Å². The molecule has 2 aromatic carbocycles. The Labute approximate surface area is 297 Å². The zero-order valence-electron chi connectivity index (χ0n) is 28.8. The highest BCUT2D eigenvalue weighted by Crippen LogP contribution is 2.78. The first kappa shape index (κ1) is 34.6. The summed E-state index contributed by atoms with van der Waals surface area (Å²) < 4.78 is 41.5. The zero-order chi connectivity index (χ0) is 35.5. The summed E-state index contributed by atoms with van der Waals surface area (Å²) >= 11 is 6.10. The smallest absolute Gasteiger partial charge is 0.393 e. The van der Waals surface area contributed by atoms with E-state index in [0.717, 1.165) is 37.0 Å². The Morgan fingerprint density at radius 2 is 1.56 bits per heavy atom. The van der Waals surface area contributed by atoms with Crippen LogP contribution in [0.25, 0.3) is 0 Å². The minimum atomic E-state index is -4.58. The molecule has 2 spiro atoms. The summed E-state index contributed by atoms with van der Waals surface area (Å²) in [6, 6.07) is 12.1. The van der Waals surface area contributed by atoms with Gasteiger partial charge in [0.1, 0.15) is 0 Å². The maximum absolute atomic E-state index is 14.7. The Morgan fingerprint density at radius 3 is 2.26 bits per heavy atom. The summed E-state index contributed by atoms with van der Waals surface area (Å²) in [6.07, 6.45) is 7.15. The van der Waals surface area contributed by atoms with Crippen molar-refractivity contribution in [2.75, 3.05) is 19.6 Å². The van der Waals surface area contributed by atoms with Crippen molar-refractivity contribution < 1.29 is 33.3 Å². The first-order chi connectivity index (χ1) is 23.5. The first-order valence-corrected chi connectivity index (χ1v) is 18.6. The molecule has 8 atom stereocenters. The number of hydrogen-bond acceptors (Lipinski definition) is 5. The topological polar surface area (TPSA) is 81.0 Å². The van der Waals surface area contributed by atoms with E-state index in [-0.39, 0.29) is 28.6 Å². The minimum Gasteiger partial charge on any atom is -0.393 e. The van der Waals surface area contributed by atoms with Crippen molar-refractivity contribution >= 4 is 17.4 Å². The predicted molar refractivity (Wildman–Crippen MR) is 185 cm³/mol. The van der Waals surface area contributed by atoms with Crippen LogP contribution in [0, 0.1) is 33.5 Å². The van der Waals surface area contributed by atoms with Crippen LogP contribution in [0.2, 0.25) is 5.02 Å². The fourth-order valence-electron chi connectivity index (χ4n) is 12.1. The third-order valence-electron chi connectivity index (χ3n) is 15.0. The maximum atomic E-state index is 14.7. The highest BCUT2D eigenvalue weighted by molar-refractivity contribution is 6.30. The minimum absolute atomic E-state index is 0.0247. The van der Waals surface area contributed by atoms with Crippen molar-refractivity contribution in [1.82, 2.24) is 4.90 Å². The van der Waals surface area contributed by atoms with Crippen molar-refractivity contribution in [3.63, 3.8) is 0 Å². The van der Waals surface area contributed by atoms with Crippen LogP contribution < -0.4 is 0 Å². The molecule has 1 aliphatic heterocycles. The van der Waals surface area contributed by atoms with Gasteiger partial charge in [0.25, 0.3) is 0 Å². The summed E-state index contributed by atoms with van der Waals surface area (Å²) in [5.74, 6) is -0.440. The Hall–Kier alpha value is -2.49. The van der Waals surface area contributed by atoms with Gasteiger partial charge < -0.3 is 20.2 Å². The van der Waals surface area contributed by atoms with Crippen LogP contribution in [0.4, 0.5) is 13.2 Å². The average Bonchev–Trinajstić information content (AvgIpc) is 3.35. The molecule has 0 radical (unpaired) electrons. The second-order valence-electron chi connectivity index (χ2n) is 17.0. The SMILES string of the molecule is C[C@]12CC[C@H]3[C@]4(C=C[C@@]5(C=C4C(=O)c4cccc(C(F)(F)F)c4)CC(O)CC[C@]35C)[C@@H]1CC[C@@]2(O)CN1CCC(O)(c2ccc(Cl)cc2)CC1. The molecular formula is C41H47ClF3NO4. The number of rotatable bonds is 5. The van der Waals surface area contributed by atoms with E-state index >= 15 is 0 Å². The molecule has 4 fully saturated rings. The molecule has 3 saturated carbocycles. The number of piperidine rings is 1. The van der Waals surface area contributed by atoms with Crippen LogP contribution in [0.15, 0.2) is 72.3 Å². The lowest BCUT2D eigenvalue weighted by Gasteiger charge is -2.71. The van der Waals surface area contributed by atoms with Crippen LogP contribution in [-0.4, -0.2) is 57.3 Å². The highest BCUT2D eigenvalue weighted by Gasteiger charge is 2.74. The van der Waals surface area contributed by atoms with E-state index < -0.39 is 45.3 Å². The van der Waals surface area contributed by atoms with Gasteiger partial charge >= 0.3 is 6.18 Å². The van der Waals surface area contributed by atoms with Gasteiger partial charge in [-0.15, -0.1) is 0 Å². The molecule has 50 heavy (non-hydrogen) atoms. The molecule has 0 aromatic heterocycles. The van der Waals surface area contributed by atoms with E-state index in [9.17, 15) is 33.3 Å². The number of carbonyl (C=O) groups is 1. The fraction of sp³-hybridized carbons (Fsp3) is 0.585. The molecule has 2 bridgehead atoms. The molecule has 6 aliphatic carbocycles. The van der Waals surface area contributed by atoms with E-state index in [1.165, 1.54) is 12.1 Å². The van der Waals surface area contributed by atoms with Crippen LogP contribution >= 0.6 is 11.6 Å². The molecule has 5 nitrogen and oxygen atoms in total. The predicted octanol–water partition coefficient (Wildman–Crippen LogP) is 8.12. The normalized spacial score (nSPS) is 40.5. The average molecular weight is 710 g/mol. The number of halogens is 4. The van der Waals surface area contributed by atoms with Crippen LogP contribution in [0.1, 0.15) is 93.1 Å². The van der Waals surface area contributed by atoms with Gasteiger partial charge in [-0.3, -0.25) is 4.79 Å². The summed E-state index contributed by atoms with van der Waals surface area (Å²) in [5, 5.41) is 35.9. The zero-order valence-corrected chi connectivity index (χ0v) is 29.5. The lowest BCUT2D eigenvalue weighted by atomic mass is 9.32. The number of benzene rings is 2. The monoisotopic (exact) mass is 709 g/mol. The van der Waals surface area contributed by atoms with Crippen molar-refractivity contribution in [3.05, 3.63) is 94.0 Å². The van der Waals surface area contributed by atoms with Crippen molar-refractivity contribution in [2.45, 2.75) is 95.1 Å². The number of aliphatic hydroxyl groups is 3. The van der Waals surface area contributed by atoms with E-state index in [4.69, 9.17) is 11.6 Å².